The Balaban J connectivity index is 1.91. The van der Waals surface area contributed by atoms with E-state index in [0.29, 0.717) is 16.3 Å². The second kappa shape index (κ2) is 10.4. The molecule has 0 radical (unpaired) electrons. The third-order valence-electron chi connectivity index (χ3n) is 3.94. The van der Waals surface area contributed by atoms with Crippen LogP contribution in [0.15, 0.2) is 35.0 Å². The summed E-state index contributed by atoms with van der Waals surface area (Å²) in [6.45, 7) is 2.71. The van der Waals surface area contributed by atoms with Crippen molar-refractivity contribution >= 4 is 34.5 Å². The van der Waals surface area contributed by atoms with Crippen LogP contribution in [0.4, 0.5) is 0 Å². The van der Waals surface area contributed by atoms with E-state index < -0.39 is 0 Å². The molecular weight excluding hydrogens is 338 g/mol. The number of amides is 2. The molecule has 2 aromatic heterocycles. The van der Waals surface area contributed by atoms with Crippen LogP contribution in [0, 0.1) is 0 Å². The van der Waals surface area contributed by atoms with Gasteiger partial charge in [-0.25, -0.2) is 0 Å². The SMILES string of the molecule is CCCCCCCCCN(C(=O)c1cccs1)C(=O)c1cccs1. The Morgan fingerprint density at radius 1 is 0.833 bits per heavy atom. The minimum absolute atomic E-state index is 0.172. The average Bonchev–Trinajstić information content (AvgIpc) is 3.30. The lowest BCUT2D eigenvalue weighted by Crippen LogP contribution is -2.37. The fourth-order valence-corrected chi connectivity index (χ4v) is 3.93. The topological polar surface area (TPSA) is 37.4 Å². The number of carbonyl (C=O) groups excluding carboxylic acids is 2. The first-order chi connectivity index (χ1) is 11.7. The molecular formula is C19H25NO2S2. The van der Waals surface area contributed by atoms with Crippen LogP contribution in [0.1, 0.15) is 71.2 Å². The fraction of sp³-hybridized carbons (Fsp3) is 0.474. The zero-order valence-electron chi connectivity index (χ0n) is 14.2. The average molecular weight is 364 g/mol. The molecule has 0 aliphatic rings. The van der Waals surface area contributed by atoms with E-state index in [1.54, 1.807) is 12.1 Å². The highest BCUT2D eigenvalue weighted by molar-refractivity contribution is 7.12. The summed E-state index contributed by atoms with van der Waals surface area (Å²) in [6.07, 6.45) is 8.18. The highest BCUT2D eigenvalue weighted by Crippen LogP contribution is 2.18. The van der Waals surface area contributed by atoms with Crippen molar-refractivity contribution < 1.29 is 9.59 Å². The van der Waals surface area contributed by atoms with Gasteiger partial charge in [0.15, 0.2) is 0 Å². The Labute approximate surface area is 152 Å². The highest BCUT2D eigenvalue weighted by Gasteiger charge is 2.24. The molecule has 2 heterocycles. The van der Waals surface area contributed by atoms with Crippen LogP contribution in [-0.4, -0.2) is 23.3 Å². The molecule has 0 atom stereocenters. The highest BCUT2D eigenvalue weighted by atomic mass is 32.1. The number of hydrogen-bond acceptors (Lipinski definition) is 4. The van der Waals surface area contributed by atoms with E-state index in [1.165, 1.54) is 59.7 Å². The van der Waals surface area contributed by atoms with Crippen molar-refractivity contribution in [2.75, 3.05) is 6.54 Å². The fourth-order valence-electron chi connectivity index (χ4n) is 2.59. The molecule has 0 fully saturated rings. The number of hydrogen-bond donors (Lipinski definition) is 0. The van der Waals surface area contributed by atoms with Gasteiger partial charge >= 0.3 is 0 Å². The van der Waals surface area contributed by atoms with Crippen molar-refractivity contribution in [3.05, 3.63) is 44.8 Å². The predicted molar refractivity (Wildman–Crippen MR) is 102 cm³/mol. The molecule has 130 valence electrons. The zero-order chi connectivity index (χ0) is 17.2. The second-order valence-corrected chi connectivity index (χ2v) is 7.73. The maximum absolute atomic E-state index is 12.7. The van der Waals surface area contributed by atoms with Crippen LogP contribution in [-0.2, 0) is 0 Å². The van der Waals surface area contributed by atoms with Gasteiger partial charge in [-0.2, -0.15) is 0 Å². The van der Waals surface area contributed by atoms with E-state index >= 15 is 0 Å². The summed E-state index contributed by atoms with van der Waals surface area (Å²) in [5.74, 6) is -0.344. The smallest absolute Gasteiger partial charge is 0.270 e. The first kappa shape index (κ1) is 18.9. The molecule has 0 saturated heterocycles. The van der Waals surface area contributed by atoms with Crippen LogP contribution in [0.5, 0.6) is 0 Å². The quantitative estimate of drug-likeness (QED) is 0.392. The summed E-state index contributed by atoms with van der Waals surface area (Å²) in [5, 5.41) is 3.74. The number of nitrogens with zero attached hydrogens (tertiary/aromatic N) is 1. The van der Waals surface area contributed by atoms with Gasteiger partial charge < -0.3 is 0 Å². The Morgan fingerprint density at radius 2 is 1.33 bits per heavy atom. The summed E-state index contributed by atoms with van der Waals surface area (Å²) in [5.41, 5.74) is 0. The molecule has 5 heteroatoms. The van der Waals surface area contributed by atoms with Gasteiger partial charge in [-0.1, -0.05) is 57.6 Å². The van der Waals surface area contributed by atoms with Gasteiger partial charge in [0, 0.05) is 6.54 Å². The summed E-state index contributed by atoms with van der Waals surface area (Å²) in [6, 6.07) is 7.26. The first-order valence-corrected chi connectivity index (χ1v) is 10.4. The molecule has 2 amide bonds. The number of thiophene rings is 2. The van der Waals surface area contributed by atoms with E-state index in [2.05, 4.69) is 6.92 Å². The van der Waals surface area contributed by atoms with Gasteiger partial charge in [-0.3, -0.25) is 14.5 Å². The maximum atomic E-state index is 12.7. The van der Waals surface area contributed by atoms with Crippen LogP contribution in [0.2, 0.25) is 0 Å². The molecule has 0 N–H and O–H groups in total. The Hall–Kier alpha value is -1.46. The standard InChI is InChI=1S/C19H25NO2S2/c1-2-3-4-5-6-7-8-13-20(18(21)16-11-9-14-23-16)19(22)17-12-10-15-24-17/h9-12,14-15H,2-8,13H2,1H3. The van der Waals surface area contributed by atoms with Gasteiger partial charge in [0.05, 0.1) is 9.75 Å². The van der Waals surface area contributed by atoms with Crippen LogP contribution < -0.4 is 0 Å². The molecule has 0 aliphatic heterocycles. The van der Waals surface area contributed by atoms with E-state index in [9.17, 15) is 9.59 Å². The van der Waals surface area contributed by atoms with E-state index in [-0.39, 0.29) is 11.8 Å². The molecule has 2 rings (SSSR count). The lowest BCUT2D eigenvalue weighted by Gasteiger charge is -2.19. The molecule has 24 heavy (non-hydrogen) atoms. The monoisotopic (exact) mass is 363 g/mol. The number of unbranched alkanes of at least 4 members (excludes halogenated alkanes) is 6. The van der Waals surface area contributed by atoms with Crippen LogP contribution in [0.3, 0.4) is 0 Å². The first-order valence-electron chi connectivity index (χ1n) is 8.67. The third kappa shape index (κ3) is 5.56. The van der Waals surface area contributed by atoms with Crippen LogP contribution >= 0.6 is 22.7 Å². The van der Waals surface area contributed by atoms with Gasteiger partial charge in [0.2, 0.25) is 0 Å². The second-order valence-electron chi connectivity index (χ2n) is 5.84. The van der Waals surface area contributed by atoms with E-state index in [0.717, 1.165) is 12.8 Å². The lowest BCUT2D eigenvalue weighted by atomic mass is 10.1. The van der Waals surface area contributed by atoms with Crippen molar-refractivity contribution in [2.24, 2.45) is 0 Å². The molecule has 0 aliphatic carbocycles. The molecule has 0 saturated carbocycles. The number of imide groups is 1. The van der Waals surface area contributed by atoms with Gasteiger partial charge in [-0.15, -0.1) is 22.7 Å². The normalized spacial score (nSPS) is 10.7. The molecule has 0 spiro atoms. The van der Waals surface area contributed by atoms with Crippen LogP contribution in [0.25, 0.3) is 0 Å². The number of carbonyl (C=O) groups is 2. The molecule has 2 aromatic rings. The van der Waals surface area contributed by atoms with Gasteiger partial charge in [-0.05, 0) is 29.3 Å². The van der Waals surface area contributed by atoms with Crippen molar-refractivity contribution in [3.63, 3.8) is 0 Å². The molecule has 0 unspecified atom stereocenters. The Kier molecular flexibility index (Phi) is 8.19. The summed E-state index contributed by atoms with van der Waals surface area (Å²) in [7, 11) is 0. The van der Waals surface area contributed by atoms with Crippen molar-refractivity contribution in [1.29, 1.82) is 0 Å². The summed E-state index contributed by atoms with van der Waals surface area (Å²) >= 11 is 2.77. The largest absolute Gasteiger partial charge is 0.273 e. The van der Waals surface area contributed by atoms with E-state index in [4.69, 9.17) is 0 Å². The van der Waals surface area contributed by atoms with Crippen molar-refractivity contribution in [1.82, 2.24) is 4.90 Å². The van der Waals surface area contributed by atoms with Gasteiger partial charge in [0.1, 0.15) is 0 Å². The zero-order valence-corrected chi connectivity index (χ0v) is 15.8. The summed E-state index contributed by atoms with van der Waals surface area (Å²) < 4.78 is 0. The molecule has 0 aromatic carbocycles. The van der Waals surface area contributed by atoms with Gasteiger partial charge in [0.25, 0.3) is 11.8 Å². The van der Waals surface area contributed by atoms with Crippen molar-refractivity contribution in [3.8, 4) is 0 Å². The minimum atomic E-state index is -0.172. The minimum Gasteiger partial charge on any atom is -0.273 e. The maximum Gasteiger partial charge on any atom is 0.270 e. The summed E-state index contributed by atoms with van der Waals surface area (Å²) in [4.78, 5) is 28.0. The lowest BCUT2D eigenvalue weighted by molar-refractivity contribution is 0.0619. The Morgan fingerprint density at radius 3 is 1.79 bits per heavy atom. The third-order valence-corrected chi connectivity index (χ3v) is 5.66. The number of rotatable bonds is 10. The van der Waals surface area contributed by atoms with E-state index in [1.807, 2.05) is 22.9 Å². The Bertz CT molecular complexity index is 559. The van der Waals surface area contributed by atoms with Crippen molar-refractivity contribution in [2.45, 2.75) is 51.9 Å². The molecule has 0 bridgehead atoms. The molecule has 3 nitrogen and oxygen atoms in total. The predicted octanol–water partition coefficient (Wildman–Crippen LogP) is 5.84.